The Bertz CT molecular complexity index is 286. The monoisotopic (exact) mass is 188 g/mol. The van der Waals surface area contributed by atoms with Crippen molar-refractivity contribution < 1.29 is 13.5 Å². The Labute approximate surface area is 74.5 Å². The van der Waals surface area contributed by atoms with Crippen LogP contribution in [0.2, 0.25) is 0 Å². The molecule has 0 aliphatic rings. The number of ether oxygens (including phenoxy) is 1. The summed E-state index contributed by atoms with van der Waals surface area (Å²) >= 11 is 0. The van der Waals surface area contributed by atoms with Gasteiger partial charge in [0.1, 0.15) is 0 Å². The average Bonchev–Trinajstić information content (AvgIpc) is 2.01. The van der Waals surface area contributed by atoms with Crippen LogP contribution in [0.25, 0.3) is 0 Å². The molecule has 0 bridgehead atoms. The van der Waals surface area contributed by atoms with Crippen LogP contribution in [-0.4, -0.2) is 17.5 Å². The third-order valence-electron chi connectivity index (χ3n) is 1.30. The Morgan fingerprint density at radius 2 is 2.31 bits per heavy atom. The van der Waals surface area contributed by atoms with E-state index in [9.17, 15) is 8.78 Å². The first-order chi connectivity index (χ1) is 5.99. The van der Waals surface area contributed by atoms with E-state index in [1.807, 2.05) is 0 Å². The van der Waals surface area contributed by atoms with E-state index in [1.54, 1.807) is 0 Å². The number of nitrogens with zero attached hydrogens (tertiary/aromatic N) is 1. The Morgan fingerprint density at radius 3 is 2.85 bits per heavy atom. The van der Waals surface area contributed by atoms with Gasteiger partial charge in [-0.25, -0.2) is 8.78 Å². The molecule has 2 N–H and O–H groups in total. The summed E-state index contributed by atoms with van der Waals surface area (Å²) in [5.74, 6) is -2.67. The second kappa shape index (κ2) is 3.55. The quantitative estimate of drug-likeness (QED) is 0.785. The van der Waals surface area contributed by atoms with Gasteiger partial charge in [-0.15, -0.1) is 0 Å². The van der Waals surface area contributed by atoms with Gasteiger partial charge >= 0.3 is 0 Å². The summed E-state index contributed by atoms with van der Waals surface area (Å²) < 4.78 is 29.5. The Morgan fingerprint density at radius 1 is 1.62 bits per heavy atom. The van der Waals surface area contributed by atoms with Gasteiger partial charge in [-0.2, -0.15) is 0 Å². The Hall–Kier alpha value is -1.39. The van der Waals surface area contributed by atoms with Crippen molar-refractivity contribution in [2.45, 2.75) is 12.8 Å². The number of nitrogen functional groups attached to an aromatic ring is 1. The Kier molecular flexibility index (Phi) is 2.65. The van der Waals surface area contributed by atoms with E-state index < -0.39 is 12.5 Å². The van der Waals surface area contributed by atoms with Crippen LogP contribution in [0.5, 0.6) is 5.75 Å². The molecular weight excluding hydrogens is 178 g/mol. The SMILES string of the molecule is CC(F)(F)COc1cnccc1N. The molecule has 0 atom stereocenters. The van der Waals surface area contributed by atoms with Crippen molar-refractivity contribution in [3.63, 3.8) is 0 Å². The Balaban J connectivity index is 2.60. The van der Waals surface area contributed by atoms with E-state index in [0.717, 1.165) is 6.92 Å². The topological polar surface area (TPSA) is 48.1 Å². The standard InChI is InChI=1S/C8H10F2N2O/c1-8(9,10)5-13-7-4-12-3-2-6(7)11/h2-4H,5H2,1H3,(H2,11,12). The zero-order valence-electron chi connectivity index (χ0n) is 7.13. The number of anilines is 1. The fourth-order valence-corrected chi connectivity index (χ4v) is 0.716. The minimum atomic E-state index is -2.86. The number of pyridine rings is 1. The molecule has 72 valence electrons. The number of alkyl halides is 2. The van der Waals surface area contributed by atoms with E-state index in [2.05, 4.69) is 4.98 Å². The van der Waals surface area contributed by atoms with Gasteiger partial charge in [0.15, 0.2) is 12.4 Å². The molecule has 0 radical (unpaired) electrons. The fourth-order valence-electron chi connectivity index (χ4n) is 0.716. The molecule has 0 unspecified atom stereocenters. The van der Waals surface area contributed by atoms with Crippen molar-refractivity contribution in [3.8, 4) is 5.75 Å². The van der Waals surface area contributed by atoms with Crippen LogP contribution in [0, 0.1) is 0 Å². The third-order valence-corrected chi connectivity index (χ3v) is 1.30. The first-order valence-corrected chi connectivity index (χ1v) is 3.69. The van der Waals surface area contributed by atoms with Crippen LogP contribution in [0.1, 0.15) is 6.92 Å². The molecule has 0 fully saturated rings. The average molecular weight is 188 g/mol. The molecule has 0 spiro atoms. The number of aromatic nitrogens is 1. The predicted octanol–water partition coefficient (Wildman–Crippen LogP) is 1.70. The molecule has 1 aromatic rings. The van der Waals surface area contributed by atoms with Gasteiger partial charge in [-0.3, -0.25) is 4.98 Å². The van der Waals surface area contributed by atoms with Crippen molar-refractivity contribution in [1.29, 1.82) is 0 Å². The zero-order valence-corrected chi connectivity index (χ0v) is 7.13. The first-order valence-electron chi connectivity index (χ1n) is 3.69. The molecule has 1 heterocycles. The van der Waals surface area contributed by atoms with E-state index in [1.165, 1.54) is 18.5 Å². The summed E-state index contributed by atoms with van der Waals surface area (Å²) in [4.78, 5) is 3.70. The normalized spacial score (nSPS) is 11.3. The van der Waals surface area contributed by atoms with E-state index in [0.29, 0.717) is 5.69 Å². The largest absolute Gasteiger partial charge is 0.484 e. The summed E-state index contributed by atoms with van der Waals surface area (Å²) in [6, 6.07) is 1.49. The minimum Gasteiger partial charge on any atom is -0.484 e. The van der Waals surface area contributed by atoms with Crippen LogP contribution in [0.4, 0.5) is 14.5 Å². The third kappa shape index (κ3) is 3.23. The van der Waals surface area contributed by atoms with Gasteiger partial charge in [0, 0.05) is 13.1 Å². The molecular formula is C8H10F2N2O. The van der Waals surface area contributed by atoms with Crippen molar-refractivity contribution in [3.05, 3.63) is 18.5 Å². The smallest absolute Gasteiger partial charge is 0.278 e. The number of hydrogen-bond acceptors (Lipinski definition) is 3. The molecule has 1 aromatic heterocycles. The van der Waals surface area contributed by atoms with Crippen LogP contribution >= 0.6 is 0 Å². The predicted molar refractivity (Wildman–Crippen MR) is 44.8 cm³/mol. The highest BCUT2D eigenvalue weighted by molar-refractivity contribution is 5.49. The molecule has 0 saturated carbocycles. The van der Waals surface area contributed by atoms with Gasteiger partial charge in [-0.05, 0) is 6.07 Å². The summed E-state index contributed by atoms with van der Waals surface area (Å²) in [5, 5.41) is 0. The van der Waals surface area contributed by atoms with Crippen LogP contribution in [-0.2, 0) is 0 Å². The highest BCUT2D eigenvalue weighted by Gasteiger charge is 2.22. The van der Waals surface area contributed by atoms with Gasteiger partial charge < -0.3 is 10.5 Å². The minimum absolute atomic E-state index is 0.184. The highest BCUT2D eigenvalue weighted by Crippen LogP contribution is 2.21. The van der Waals surface area contributed by atoms with Crippen molar-refractivity contribution in [1.82, 2.24) is 4.98 Å². The number of rotatable bonds is 3. The van der Waals surface area contributed by atoms with E-state index >= 15 is 0 Å². The number of hydrogen-bond donors (Lipinski definition) is 1. The van der Waals surface area contributed by atoms with Crippen molar-refractivity contribution in [2.75, 3.05) is 12.3 Å². The second-order valence-electron chi connectivity index (χ2n) is 2.77. The summed E-state index contributed by atoms with van der Waals surface area (Å²) in [7, 11) is 0. The van der Waals surface area contributed by atoms with E-state index in [-0.39, 0.29) is 5.75 Å². The maximum atomic E-state index is 12.4. The summed E-state index contributed by atoms with van der Waals surface area (Å²) in [6.45, 7) is 0.0858. The lowest BCUT2D eigenvalue weighted by Crippen LogP contribution is -2.21. The molecule has 3 nitrogen and oxygen atoms in total. The first kappa shape index (κ1) is 9.70. The van der Waals surface area contributed by atoms with Crippen LogP contribution < -0.4 is 10.5 Å². The molecule has 0 aromatic carbocycles. The van der Waals surface area contributed by atoms with Gasteiger partial charge in [0.05, 0.1) is 11.9 Å². The lowest BCUT2D eigenvalue weighted by Gasteiger charge is -2.12. The summed E-state index contributed by atoms with van der Waals surface area (Å²) in [6.07, 6.45) is 2.77. The molecule has 0 aliphatic heterocycles. The maximum Gasteiger partial charge on any atom is 0.278 e. The van der Waals surface area contributed by atoms with E-state index in [4.69, 9.17) is 10.5 Å². The van der Waals surface area contributed by atoms with Crippen LogP contribution in [0.15, 0.2) is 18.5 Å². The molecule has 13 heavy (non-hydrogen) atoms. The number of nitrogens with two attached hydrogens (primary N) is 1. The van der Waals surface area contributed by atoms with Gasteiger partial charge in [0.25, 0.3) is 5.92 Å². The van der Waals surface area contributed by atoms with Crippen LogP contribution in [0.3, 0.4) is 0 Å². The number of halogens is 2. The molecule has 0 aliphatic carbocycles. The molecule has 0 saturated heterocycles. The van der Waals surface area contributed by atoms with Gasteiger partial charge in [-0.1, -0.05) is 0 Å². The molecule has 1 rings (SSSR count). The fraction of sp³-hybridized carbons (Fsp3) is 0.375. The van der Waals surface area contributed by atoms with Crippen molar-refractivity contribution >= 4 is 5.69 Å². The zero-order chi connectivity index (χ0) is 9.90. The van der Waals surface area contributed by atoms with Gasteiger partial charge in [0.2, 0.25) is 0 Å². The summed E-state index contributed by atoms with van der Waals surface area (Å²) in [5.41, 5.74) is 5.74. The molecule has 5 heteroatoms. The second-order valence-corrected chi connectivity index (χ2v) is 2.77. The maximum absolute atomic E-state index is 12.4. The molecule has 0 amide bonds. The lowest BCUT2D eigenvalue weighted by atomic mass is 10.4. The highest BCUT2D eigenvalue weighted by atomic mass is 19.3. The van der Waals surface area contributed by atoms with Crippen molar-refractivity contribution in [2.24, 2.45) is 0 Å². The lowest BCUT2D eigenvalue weighted by molar-refractivity contribution is -0.0228.